The number of aromatic carboxylic acids is 2. The average molecular weight is 498 g/mol. The number of hydrogen-bond acceptors (Lipinski definition) is 9. The zero-order chi connectivity index (χ0) is 27.2. The van der Waals surface area contributed by atoms with E-state index >= 15 is 0 Å². The van der Waals surface area contributed by atoms with Gasteiger partial charge in [-0.2, -0.15) is 0 Å². The fraction of sp³-hybridized carbons (Fsp3) is 0.0833. The molecule has 2 aromatic rings. The lowest BCUT2D eigenvalue weighted by molar-refractivity contribution is -0.132. The zero-order valence-electron chi connectivity index (χ0n) is 18.5. The van der Waals surface area contributed by atoms with Crippen molar-refractivity contribution in [2.45, 2.75) is 13.8 Å². The van der Waals surface area contributed by atoms with Crippen molar-refractivity contribution in [3.8, 4) is 23.0 Å². The number of phenolic OH excluding ortho intramolecular Hbond substituents is 2. The molecule has 0 heterocycles. The standard InChI is InChI=1S/C24H18O12/c1-7-18(27)11(4-13(20(7)29)23(33)34)17(9-3-10(22(31)32)16(26)6-15(9)25)12-5-14(24(35)36)21(30)8(2)19(12)28/h3-6,25-27,29-30H,1-2H3,(H,31,32)(H,33,34)(H,35,36)/b17-12+. The smallest absolute Gasteiger partial charge is 0.339 e. The van der Waals surface area contributed by atoms with Gasteiger partial charge < -0.3 is 40.9 Å². The van der Waals surface area contributed by atoms with Crippen molar-refractivity contribution in [2.75, 3.05) is 0 Å². The molecule has 0 aliphatic heterocycles. The molecule has 8 N–H and O–H groups in total. The molecule has 3 rings (SSSR count). The van der Waals surface area contributed by atoms with Gasteiger partial charge >= 0.3 is 17.9 Å². The van der Waals surface area contributed by atoms with Gasteiger partial charge in [0.1, 0.15) is 45.5 Å². The van der Waals surface area contributed by atoms with Gasteiger partial charge in [-0.15, -0.1) is 0 Å². The lowest BCUT2D eigenvalue weighted by Gasteiger charge is -2.21. The third-order valence-corrected chi connectivity index (χ3v) is 5.61. The number of aromatic hydroxyl groups is 4. The minimum atomic E-state index is -1.66. The summed E-state index contributed by atoms with van der Waals surface area (Å²) in [5.41, 5.74) is -5.19. The van der Waals surface area contributed by atoms with Gasteiger partial charge in [-0.05, 0) is 32.1 Å². The van der Waals surface area contributed by atoms with Gasteiger partial charge in [-0.1, -0.05) is 0 Å². The molecule has 1 aliphatic carbocycles. The number of hydrogen-bond donors (Lipinski definition) is 8. The Morgan fingerprint density at radius 3 is 1.69 bits per heavy atom. The lowest BCUT2D eigenvalue weighted by Crippen LogP contribution is -2.18. The summed E-state index contributed by atoms with van der Waals surface area (Å²) in [5.74, 6) is -10.1. The van der Waals surface area contributed by atoms with Crippen LogP contribution in [0.25, 0.3) is 5.57 Å². The van der Waals surface area contributed by atoms with E-state index in [9.17, 15) is 60.0 Å². The molecule has 12 heteroatoms. The number of benzene rings is 2. The van der Waals surface area contributed by atoms with E-state index in [1.807, 2.05) is 0 Å². The third kappa shape index (κ3) is 3.96. The molecule has 0 spiro atoms. The van der Waals surface area contributed by atoms with Gasteiger partial charge in [0.2, 0.25) is 0 Å². The number of aliphatic carboxylic acids is 1. The maximum Gasteiger partial charge on any atom is 0.339 e. The van der Waals surface area contributed by atoms with Gasteiger partial charge in [0, 0.05) is 39.5 Å². The number of Topliss-reactive ketones (excluding diaryl/α,β-unsaturated/α-hetero) is 1. The highest BCUT2D eigenvalue weighted by atomic mass is 16.4. The molecule has 0 bridgehead atoms. The number of aliphatic hydroxyl groups is 1. The van der Waals surface area contributed by atoms with Crippen molar-refractivity contribution in [2.24, 2.45) is 0 Å². The molecule has 0 aromatic heterocycles. The van der Waals surface area contributed by atoms with Crippen LogP contribution < -0.4 is 0 Å². The predicted octanol–water partition coefficient (Wildman–Crippen LogP) is 2.44. The Morgan fingerprint density at radius 1 is 0.667 bits per heavy atom. The molecule has 2 aromatic carbocycles. The Bertz CT molecular complexity index is 1490. The van der Waals surface area contributed by atoms with Crippen LogP contribution in [0.15, 0.2) is 46.8 Å². The fourth-order valence-corrected chi connectivity index (χ4v) is 3.67. The molecule has 0 radical (unpaired) electrons. The molecule has 12 nitrogen and oxygen atoms in total. The van der Waals surface area contributed by atoms with Crippen LogP contribution in [0, 0.1) is 6.92 Å². The monoisotopic (exact) mass is 498 g/mol. The van der Waals surface area contributed by atoms with Crippen LogP contribution in [0.4, 0.5) is 0 Å². The summed E-state index contributed by atoms with van der Waals surface area (Å²) >= 11 is 0. The van der Waals surface area contributed by atoms with E-state index < -0.39 is 97.0 Å². The highest BCUT2D eigenvalue weighted by Gasteiger charge is 2.33. The first kappa shape index (κ1) is 25.4. The highest BCUT2D eigenvalue weighted by molar-refractivity contribution is 6.21. The van der Waals surface area contributed by atoms with Crippen LogP contribution in [0.1, 0.15) is 44.3 Å². The van der Waals surface area contributed by atoms with E-state index in [1.54, 1.807) is 0 Å². The van der Waals surface area contributed by atoms with E-state index in [4.69, 9.17) is 0 Å². The van der Waals surface area contributed by atoms with E-state index in [1.165, 1.54) is 0 Å². The van der Waals surface area contributed by atoms with Gasteiger partial charge in [0.05, 0.1) is 0 Å². The molecular formula is C24H18O12. The number of carboxylic acids is 3. The van der Waals surface area contributed by atoms with Crippen LogP contribution >= 0.6 is 0 Å². The first-order valence-electron chi connectivity index (χ1n) is 9.91. The van der Waals surface area contributed by atoms with Crippen molar-refractivity contribution < 1.29 is 60.0 Å². The Kier molecular flexibility index (Phi) is 6.22. The van der Waals surface area contributed by atoms with Gasteiger partial charge in [0.25, 0.3) is 0 Å². The summed E-state index contributed by atoms with van der Waals surface area (Å²) < 4.78 is 0. The fourth-order valence-electron chi connectivity index (χ4n) is 3.67. The van der Waals surface area contributed by atoms with E-state index in [0.29, 0.717) is 12.1 Å². The maximum absolute atomic E-state index is 13.2. The summed E-state index contributed by atoms with van der Waals surface area (Å²) in [5, 5.41) is 80.1. The quantitative estimate of drug-likeness (QED) is 0.278. The molecular weight excluding hydrogens is 480 g/mol. The van der Waals surface area contributed by atoms with Crippen LogP contribution in [-0.2, 0) is 9.59 Å². The summed E-state index contributed by atoms with van der Waals surface area (Å²) in [6.07, 6.45) is 0.705. The third-order valence-electron chi connectivity index (χ3n) is 5.61. The Labute approximate surface area is 201 Å². The second-order valence-corrected chi connectivity index (χ2v) is 7.75. The molecule has 0 fully saturated rings. The van der Waals surface area contributed by atoms with Crippen molar-refractivity contribution in [3.05, 3.63) is 74.6 Å². The summed E-state index contributed by atoms with van der Waals surface area (Å²) in [6.45, 7) is 2.23. The minimum Gasteiger partial charge on any atom is -0.507 e. The molecule has 0 unspecified atom stereocenters. The zero-order valence-corrected chi connectivity index (χ0v) is 18.5. The molecule has 186 valence electrons. The molecule has 36 heavy (non-hydrogen) atoms. The number of aliphatic hydroxyl groups excluding tert-OH is 1. The van der Waals surface area contributed by atoms with Crippen molar-refractivity contribution in [1.82, 2.24) is 0 Å². The number of allylic oxidation sites excluding steroid dienone is 3. The molecule has 0 atom stereocenters. The molecule has 0 amide bonds. The van der Waals surface area contributed by atoms with Crippen LogP contribution in [-0.4, -0.2) is 64.5 Å². The summed E-state index contributed by atoms with van der Waals surface area (Å²) in [6, 6.07) is 2.09. The van der Waals surface area contributed by atoms with E-state index in [0.717, 1.165) is 26.0 Å². The van der Waals surface area contributed by atoms with Crippen molar-refractivity contribution >= 4 is 29.3 Å². The summed E-state index contributed by atoms with van der Waals surface area (Å²) in [4.78, 5) is 48.2. The Balaban J connectivity index is 2.63. The van der Waals surface area contributed by atoms with Crippen LogP contribution in [0.5, 0.6) is 23.0 Å². The van der Waals surface area contributed by atoms with Gasteiger partial charge in [-0.3, -0.25) is 4.79 Å². The average Bonchev–Trinajstić information content (AvgIpc) is 2.79. The number of carbonyl (C=O) groups is 4. The lowest BCUT2D eigenvalue weighted by atomic mass is 9.82. The van der Waals surface area contributed by atoms with E-state index in [-0.39, 0.29) is 5.56 Å². The number of rotatable bonds is 5. The molecule has 0 saturated carbocycles. The highest BCUT2D eigenvalue weighted by Crippen LogP contribution is 2.45. The van der Waals surface area contributed by atoms with Gasteiger partial charge in [0.15, 0.2) is 5.78 Å². The number of carbonyl (C=O) groups excluding carboxylic acids is 1. The van der Waals surface area contributed by atoms with Crippen LogP contribution in [0.2, 0.25) is 0 Å². The molecule has 0 saturated heterocycles. The first-order valence-corrected chi connectivity index (χ1v) is 9.91. The largest absolute Gasteiger partial charge is 0.507 e. The number of phenols is 4. The Hall–Kier alpha value is -5.26. The molecule has 1 aliphatic rings. The SMILES string of the molecule is CC1=C(O)C(C(=O)O)=C/C(=C(/c2cc(C(=O)O)c(O)cc2O)c2cc(C(=O)O)c(O)c(C)c2O)C1=O. The number of ketones is 1. The second-order valence-electron chi connectivity index (χ2n) is 7.75. The first-order chi connectivity index (χ1) is 16.7. The number of carboxylic acid groups (broad SMARTS) is 3. The van der Waals surface area contributed by atoms with Crippen LogP contribution in [0.3, 0.4) is 0 Å². The topological polar surface area (TPSA) is 230 Å². The summed E-state index contributed by atoms with van der Waals surface area (Å²) in [7, 11) is 0. The maximum atomic E-state index is 13.2. The van der Waals surface area contributed by atoms with Crippen molar-refractivity contribution in [3.63, 3.8) is 0 Å². The Morgan fingerprint density at radius 2 is 1.17 bits per heavy atom. The van der Waals surface area contributed by atoms with Gasteiger partial charge in [-0.25, -0.2) is 14.4 Å². The normalized spacial score (nSPS) is 14.9. The second kappa shape index (κ2) is 8.83. The minimum absolute atomic E-state index is 0.361. The predicted molar refractivity (Wildman–Crippen MR) is 120 cm³/mol. The van der Waals surface area contributed by atoms with Crippen molar-refractivity contribution in [1.29, 1.82) is 0 Å². The van der Waals surface area contributed by atoms with E-state index in [2.05, 4.69) is 0 Å².